The first-order valence-electron chi connectivity index (χ1n) is 8.63. The predicted octanol–water partition coefficient (Wildman–Crippen LogP) is 3.68. The lowest BCUT2D eigenvalue weighted by Gasteiger charge is -2.18. The maximum absolute atomic E-state index is 12.2. The minimum Gasteiger partial charge on any atom is -0.484 e. The third-order valence-corrected chi connectivity index (χ3v) is 3.86. The second-order valence-corrected chi connectivity index (χ2v) is 6.43. The van der Waals surface area contributed by atoms with Crippen LogP contribution in [0.5, 0.6) is 11.5 Å². The van der Waals surface area contributed by atoms with Crippen molar-refractivity contribution in [2.45, 2.75) is 20.2 Å². The van der Waals surface area contributed by atoms with Crippen LogP contribution in [0.3, 0.4) is 0 Å². The molecule has 2 rings (SSSR count). The highest BCUT2D eigenvalue weighted by Gasteiger charge is 2.31. The standard InChI is InChI=1S/C20H21F3N2O4/c1-13-4-9-17(14(2)10-13)28-12-19(27)25(3)11-18(26)24-15-5-7-16(8-6-15)29-20(21,22)23/h4-10H,11-12H2,1-3H3,(H,24,26). The van der Waals surface area contributed by atoms with Crippen LogP contribution in [0.25, 0.3) is 0 Å². The second-order valence-electron chi connectivity index (χ2n) is 6.43. The zero-order valence-corrected chi connectivity index (χ0v) is 16.2. The van der Waals surface area contributed by atoms with Crippen LogP contribution in [-0.2, 0) is 9.59 Å². The first kappa shape index (κ1) is 22.1. The van der Waals surface area contributed by atoms with Crippen molar-refractivity contribution in [2.75, 3.05) is 25.5 Å². The number of benzene rings is 2. The molecule has 0 aliphatic rings. The van der Waals surface area contributed by atoms with Crippen molar-refractivity contribution < 1.29 is 32.2 Å². The van der Waals surface area contributed by atoms with Crippen LogP contribution in [0.1, 0.15) is 11.1 Å². The molecule has 1 N–H and O–H groups in total. The van der Waals surface area contributed by atoms with Crippen molar-refractivity contribution in [3.63, 3.8) is 0 Å². The molecule has 0 aromatic heterocycles. The fraction of sp³-hybridized carbons (Fsp3) is 0.300. The predicted molar refractivity (Wildman–Crippen MR) is 101 cm³/mol. The van der Waals surface area contributed by atoms with E-state index in [0.29, 0.717) is 5.75 Å². The molecular weight excluding hydrogens is 389 g/mol. The Morgan fingerprint density at radius 3 is 2.31 bits per heavy atom. The number of anilines is 1. The van der Waals surface area contributed by atoms with Gasteiger partial charge in [-0.2, -0.15) is 0 Å². The Bertz CT molecular complexity index is 867. The third-order valence-electron chi connectivity index (χ3n) is 3.86. The Morgan fingerprint density at radius 1 is 1.07 bits per heavy atom. The zero-order valence-electron chi connectivity index (χ0n) is 16.2. The summed E-state index contributed by atoms with van der Waals surface area (Å²) in [6.07, 6.45) is -4.78. The van der Waals surface area contributed by atoms with Gasteiger partial charge in [0.15, 0.2) is 6.61 Å². The average molecular weight is 410 g/mol. The van der Waals surface area contributed by atoms with Crippen LogP contribution in [0.4, 0.5) is 18.9 Å². The molecule has 6 nitrogen and oxygen atoms in total. The minimum absolute atomic E-state index is 0.225. The molecule has 9 heteroatoms. The van der Waals surface area contributed by atoms with Crippen LogP contribution in [-0.4, -0.2) is 43.3 Å². The van der Waals surface area contributed by atoms with Gasteiger partial charge in [-0.1, -0.05) is 17.7 Å². The van der Waals surface area contributed by atoms with Crippen LogP contribution >= 0.6 is 0 Å². The number of aryl methyl sites for hydroxylation is 2. The van der Waals surface area contributed by atoms with Crippen molar-refractivity contribution in [1.82, 2.24) is 4.90 Å². The molecule has 0 atom stereocenters. The lowest BCUT2D eigenvalue weighted by molar-refractivity contribution is -0.274. The minimum atomic E-state index is -4.78. The summed E-state index contributed by atoms with van der Waals surface area (Å²) >= 11 is 0. The number of rotatable bonds is 7. The fourth-order valence-electron chi connectivity index (χ4n) is 2.46. The van der Waals surface area contributed by atoms with Gasteiger partial charge in [-0.15, -0.1) is 13.2 Å². The Hall–Kier alpha value is -3.23. The van der Waals surface area contributed by atoms with E-state index < -0.39 is 23.9 Å². The summed E-state index contributed by atoms with van der Waals surface area (Å²) in [6, 6.07) is 10.3. The molecule has 0 bridgehead atoms. The fourth-order valence-corrected chi connectivity index (χ4v) is 2.46. The number of likely N-dealkylation sites (N-methyl/N-ethyl adjacent to an activating group) is 1. The first-order valence-corrected chi connectivity index (χ1v) is 8.63. The summed E-state index contributed by atoms with van der Waals surface area (Å²) in [5, 5.41) is 2.50. The van der Waals surface area contributed by atoms with Crippen molar-refractivity contribution in [1.29, 1.82) is 0 Å². The molecule has 0 aliphatic heterocycles. The summed E-state index contributed by atoms with van der Waals surface area (Å²) < 4.78 is 45.7. The van der Waals surface area contributed by atoms with Crippen LogP contribution in [0.2, 0.25) is 0 Å². The van der Waals surface area contributed by atoms with Gasteiger partial charge < -0.3 is 19.7 Å². The Morgan fingerprint density at radius 2 is 1.72 bits per heavy atom. The SMILES string of the molecule is Cc1ccc(OCC(=O)N(C)CC(=O)Nc2ccc(OC(F)(F)F)cc2)c(C)c1. The lowest BCUT2D eigenvalue weighted by atomic mass is 10.1. The molecule has 0 radical (unpaired) electrons. The highest BCUT2D eigenvalue weighted by atomic mass is 19.4. The number of halogens is 3. The van der Waals surface area contributed by atoms with E-state index in [1.54, 1.807) is 6.07 Å². The lowest BCUT2D eigenvalue weighted by Crippen LogP contribution is -2.37. The average Bonchev–Trinajstić information content (AvgIpc) is 2.61. The molecule has 2 aromatic carbocycles. The van der Waals surface area contributed by atoms with Gasteiger partial charge in [0.25, 0.3) is 5.91 Å². The van der Waals surface area contributed by atoms with Crippen LogP contribution in [0.15, 0.2) is 42.5 Å². The number of carbonyl (C=O) groups excluding carboxylic acids is 2. The number of ether oxygens (including phenoxy) is 2. The summed E-state index contributed by atoms with van der Waals surface area (Å²) in [7, 11) is 1.45. The summed E-state index contributed by atoms with van der Waals surface area (Å²) in [4.78, 5) is 25.4. The highest BCUT2D eigenvalue weighted by Crippen LogP contribution is 2.24. The largest absolute Gasteiger partial charge is 0.573 e. The molecular formula is C20H21F3N2O4. The van der Waals surface area contributed by atoms with Crippen LogP contribution in [0, 0.1) is 13.8 Å². The second kappa shape index (κ2) is 9.31. The van der Waals surface area contributed by atoms with E-state index in [4.69, 9.17) is 4.74 Å². The smallest absolute Gasteiger partial charge is 0.484 e. The van der Waals surface area contributed by atoms with E-state index in [1.165, 1.54) is 24.1 Å². The maximum Gasteiger partial charge on any atom is 0.573 e. The normalized spacial score (nSPS) is 11.0. The van der Waals surface area contributed by atoms with Crippen LogP contribution < -0.4 is 14.8 Å². The first-order chi connectivity index (χ1) is 13.5. The highest BCUT2D eigenvalue weighted by molar-refractivity contribution is 5.94. The van der Waals surface area contributed by atoms with Gasteiger partial charge in [0.1, 0.15) is 11.5 Å². The number of hydrogen-bond acceptors (Lipinski definition) is 4. The molecule has 0 fully saturated rings. The molecule has 2 amide bonds. The van der Waals surface area contributed by atoms with Crippen molar-refractivity contribution in [3.8, 4) is 11.5 Å². The number of nitrogens with zero attached hydrogens (tertiary/aromatic N) is 1. The summed E-state index contributed by atoms with van der Waals surface area (Å²) in [5.41, 5.74) is 2.25. The third kappa shape index (κ3) is 7.36. The number of carbonyl (C=O) groups is 2. The van der Waals surface area contributed by atoms with E-state index in [9.17, 15) is 22.8 Å². The molecule has 0 spiro atoms. The molecule has 2 aromatic rings. The number of alkyl halides is 3. The quantitative estimate of drug-likeness (QED) is 0.756. The molecule has 0 heterocycles. The van der Waals surface area contributed by atoms with E-state index in [-0.39, 0.29) is 18.8 Å². The van der Waals surface area contributed by atoms with Gasteiger partial charge in [-0.25, -0.2) is 0 Å². The molecule has 156 valence electrons. The zero-order chi connectivity index (χ0) is 21.6. The van der Waals surface area contributed by atoms with E-state index in [0.717, 1.165) is 23.3 Å². The molecule has 29 heavy (non-hydrogen) atoms. The maximum atomic E-state index is 12.2. The number of hydrogen-bond donors (Lipinski definition) is 1. The summed E-state index contributed by atoms with van der Waals surface area (Å²) in [5.74, 6) is -0.708. The van der Waals surface area contributed by atoms with Gasteiger partial charge in [0.05, 0.1) is 6.54 Å². The van der Waals surface area contributed by atoms with E-state index >= 15 is 0 Å². The molecule has 0 aliphatic carbocycles. The monoisotopic (exact) mass is 410 g/mol. The Labute approximate surface area is 166 Å². The van der Waals surface area contributed by atoms with E-state index in [2.05, 4.69) is 10.1 Å². The number of amides is 2. The Kier molecular flexibility index (Phi) is 7.08. The van der Waals surface area contributed by atoms with Crippen molar-refractivity contribution in [3.05, 3.63) is 53.6 Å². The molecule has 0 saturated heterocycles. The summed E-state index contributed by atoms with van der Waals surface area (Å²) in [6.45, 7) is 3.35. The van der Waals surface area contributed by atoms with Gasteiger partial charge in [-0.3, -0.25) is 9.59 Å². The van der Waals surface area contributed by atoms with Gasteiger partial charge in [0.2, 0.25) is 5.91 Å². The molecule has 0 saturated carbocycles. The Balaban J connectivity index is 1.82. The topological polar surface area (TPSA) is 67.9 Å². The van der Waals surface area contributed by atoms with E-state index in [1.807, 2.05) is 26.0 Å². The van der Waals surface area contributed by atoms with Gasteiger partial charge in [0, 0.05) is 12.7 Å². The van der Waals surface area contributed by atoms with Crippen molar-refractivity contribution >= 4 is 17.5 Å². The van der Waals surface area contributed by atoms with Gasteiger partial charge in [-0.05, 0) is 49.7 Å². The van der Waals surface area contributed by atoms with Gasteiger partial charge >= 0.3 is 6.36 Å². The van der Waals surface area contributed by atoms with Crippen molar-refractivity contribution in [2.24, 2.45) is 0 Å². The number of nitrogens with one attached hydrogen (secondary N) is 1. The molecule has 0 unspecified atom stereocenters.